The van der Waals surface area contributed by atoms with Crippen molar-refractivity contribution in [2.24, 2.45) is 11.8 Å². The molecule has 0 bridgehead atoms. The molecule has 0 fully saturated rings. The normalized spacial score (nSPS) is 19.5. The molecule has 0 spiro atoms. The van der Waals surface area contributed by atoms with Crippen LogP contribution in [0.1, 0.15) is 22.7 Å². The molecule has 1 aromatic heterocycles. The van der Waals surface area contributed by atoms with Gasteiger partial charge in [0, 0.05) is 12.0 Å². The Labute approximate surface area is 246 Å². The van der Waals surface area contributed by atoms with Gasteiger partial charge in [0.1, 0.15) is 17.6 Å². The molecule has 1 aliphatic carbocycles. The highest BCUT2D eigenvalue weighted by molar-refractivity contribution is 6.28. The lowest BCUT2D eigenvalue weighted by Crippen LogP contribution is -2.39. The van der Waals surface area contributed by atoms with E-state index in [0.29, 0.717) is 6.42 Å². The lowest BCUT2D eigenvalue weighted by molar-refractivity contribution is -0.146. The molecule has 1 aliphatic rings. The maximum Gasteiger partial charge on any atom is 0.314 e. The van der Waals surface area contributed by atoms with Crippen molar-refractivity contribution in [3.05, 3.63) is 138 Å². The number of benzene rings is 3. The predicted octanol–water partition coefficient (Wildman–Crippen LogP) is 6.60. The molecule has 214 valence electrons. The molecule has 0 radical (unpaired) electrons. The number of hydrogen-bond donors (Lipinski definition) is 1. The smallest absolute Gasteiger partial charge is 0.314 e. The van der Waals surface area contributed by atoms with E-state index in [-0.39, 0.29) is 17.0 Å². The van der Waals surface area contributed by atoms with Gasteiger partial charge in [0.2, 0.25) is 0 Å². The molecule has 0 amide bonds. The fraction of sp³-hybridized carbons (Fsp3) is 0.182. The summed E-state index contributed by atoms with van der Waals surface area (Å²) >= 11 is 7.45. The van der Waals surface area contributed by atoms with Crippen molar-refractivity contribution in [3.63, 3.8) is 0 Å². The number of carboxylic acids is 1. The fourth-order valence-corrected chi connectivity index (χ4v) is 6.02. The number of alkyl halides is 1. The van der Waals surface area contributed by atoms with E-state index >= 15 is 0 Å². The Balaban J connectivity index is 1.69. The van der Waals surface area contributed by atoms with Gasteiger partial charge in [-0.3, -0.25) is 14.2 Å². The minimum Gasteiger partial charge on any atom is -0.481 e. The molecule has 0 saturated carbocycles. The van der Waals surface area contributed by atoms with Gasteiger partial charge in [-0.2, -0.15) is 0 Å². The third-order valence-corrected chi connectivity index (χ3v) is 7.94. The van der Waals surface area contributed by atoms with E-state index in [9.17, 15) is 23.5 Å². The highest BCUT2D eigenvalue weighted by Gasteiger charge is 2.46. The molecular weight excluding hydrogens is 562 g/mol. The number of nitrogens with zero attached hydrogens (tertiary/aromatic N) is 2. The van der Waals surface area contributed by atoms with Crippen LogP contribution in [0.15, 0.2) is 110 Å². The maximum absolute atomic E-state index is 14.8. The molecule has 2 unspecified atom stereocenters. The summed E-state index contributed by atoms with van der Waals surface area (Å²) in [5.74, 6) is -5.85. The van der Waals surface area contributed by atoms with E-state index < -0.39 is 46.2 Å². The van der Waals surface area contributed by atoms with E-state index in [1.807, 2.05) is 60.7 Å². The minimum atomic E-state index is -1.41. The van der Waals surface area contributed by atoms with Crippen LogP contribution in [0.3, 0.4) is 0 Å². The zero-order valence-electron chi connectivity index (χ0n) is 22.5. The predicted molar refractivity (Wildman–Crippen MR) is 155 cm³/mol. The third-order valence-electron chi connectivity index (χ3n) is 7.47. The Morgan fingerprint density at radius 1 is 1.07 bits per heavy atom. The summed E-state index contributed by atoms with van der Waals surface area (Å²) in [6.45, 7) is 0. The van der Waals surface area contributed by atoms with Crippen LogP contribution >= 0.6 is 11.6 Å². The summed E-state index contributed by atoms with van der Waals surface area (Å²) in [7, 11) is 1.32. The maximum atomic E-state index is 14.8. The number of esters is 1. The number of ether oxygens (including phenoxy) is 1. The first-order valence-electron chi connectivity index (χ1n) is 13.2. The lowest BCUT2D eigenvalue weighted by Gasteiger charge is -2.39. The molecule has 0 saturated heterocycles. The Morgan fingerprint density at radius 2 is 1.76 bits per heavy atom. The SMILES string of the molecule is COC(=O)[C@@H](Cc1ccccc1)[C@@H](c1ccccc1)C1(Cl)C=CC(C(=O)O)C(c2cncn2-c2ccc(F)cc2F)=C1. The number of allylic oxidation sites excluding steroid dienone is 2. The summed E-state index contributed by atoms with van der Waals surface area (Å²) < 4.78 is 35.1. The molecule has 9 heteroatoms. The van der Waals surface area contributed by atoms with Crippen molar-refractivity contribution >= 4 is 29.1 Å². The van der Waals surface area contributed by atoms with Crippen molar-refractivity contribution in [1.82, 2.24) is 9.55 Å². The fourth-order valence-electron chi connectivity index (χ4n) is 5.56. The van der Waals surface area contributed by atoms with Gasteiger partial charge in [0.15, 0.2) is 0 Å². The molecule has 0 aliphatic heterocycles. The van der Waals surface area contributed by atoms with E-state index in [1.165, 1.54) is 36.3 Å². The van der Waals surface area contributed by atoms with Crippen LogP contribution in [0.2, 0.25) is 0 Å². The highest BCUT2D eigenvalue weighted by Crippen LogP contribution is 2.48. The van der Waals surface area contributed by atoms with Crippen LogP contribution in [0.4, 0.5) is 8.78 Å². The number of methoxy groups -OCH3 is 1. The molecular formula is C33H27ClF2N2O4. The van der Waals surface area contributed by atoms with Gasteiger partial charge in [0.05, 0.1) is 41.8 Å². The summed E-state index contributed by atoms with van der Waals surface area (Å²) in [6.07, 6.45) is 7.69. The monoisotopic (exact) mass is 588 g/mol. The summed E-state index contributed by atoms with van der Waals surface area (Å²) in [5, 5.41) is 10.2. The number of hydrogen-bond acceptors (Lipinski definition) is 4. The Bertz CT molecular complexity index is 1660. The van der Waals surface area contributed by atoms with E-state index in [4.69, 9.17) is 16.3 Å². The van der Waals surface area contributed by atoms with Gasteiger partial charge in [-0.1, -0.05) is 78.9 Å². The van der Waals surface area contributed by atoms with Crippen LogP contribution in [0.25, 0.3) is 11.3 Å². The number of halogens is 3. The average Bonchev–Trinajstić information content (AvgIpc) is 3.47. The van der Waals surface area contributed by atoms with Crippen LogP contribution in [-0.2, 0) is 20.7 Å². The Hall–Kier alpha value is -4.56. The Morgan fingerprint density at radius 3 is 2.40 bits per heavy atom. The van der Waals surface area contributed by atoms with Crippen LogP contribution in [0, 0.1) is 23.5 Å². The van der Waals surface area contributed by atoms with Gasteiger partial charge >= 0.3 is 11.9 Å². The largest absolute Gasteiger partial charge is 0.481 e. The average molecular weight is 589 g/mol. The van der Waals surface area contributed by atoms with E-state index in [0.717, 1.165) is 23.3 Å². The minimum absolute atomic E-state index is 0.0141. The first-order valence-corrected chi connectivity index (χ1v) is 13.6. The van der Waals surface area contributed by atoms with Crippen LogP contribution < -0.4 is 0 Å². The quantitative estimate of drug-likeness (QED) is 0.135. The van der Waals surface area contributed by atoms with E-state index in [2.05, 4.69) is 4.98 Å². The van der Waals surface area contributed by atoms with Crippen molar-refractivity contribution in [2.75, 3.05) is 7.11 Å². The molecule has 3 aromatic carbocycles. The molecule has 1 N–H and O–H groups in total. The second-order valence-corrected chi connectivity index (χ2v) is 10.7. The van der Waals surface area contributed by atoms with Gasteiger partial charge in [-0.05, 0) is 35.3 Å². The van der Waals surface area contributed by atoms with Gasteiger partial charge in [0.25, 0.3) is 0 Å². The molecule has 4 aromatic rings. The second-order valence-electron chi connectivity index (χ2n) is 10.1. The molecule has 42 heavy (non-hydrogen) atoms. The van der Waals surface area contributed by atoms with Crippen molar-refractivity contribution in [3.8, 4) is 5.69 Å². The van der Waals surface area contributed by atoms with Gasteiger partial charge in [-0.15, -0.1) is 11.6 Å². The second kappa shape index (κ2) is 12.1. The number of carbonyl (C=O) groups is 2. The van der Waals surface area contributed by atoms with Gasteiger partial charge in [-0.25, -0.2) is 13.8 Å². The van der Waals surface area contributed by atoms with Crippen LogP contribution in [-0.4, -0.2) is 38.6 Å². The number of carboxylic acid groups (broad SMARTS) is 1. The van der Waals surface area contributed by atoms with E-state index in [1.54, 1.807) is 12.2 Å². The van der Waals surface area contributed by atoms with Crippen molar-refractivity contribution < 1.29 is 28.2 Å². The van der Waals surface area contributed by atoms with Crippen molar-refractivity contribution in [1.29, 1.82) is 0 Å². The summed E-state index contributed by atoms with van der Waals surface area (Å²) in [5.41, 5.74) is 2.12. The zero-order valence-corrected chi connectivity index (χ0v) is 23.3. The summed E-state index contributed by atoms with van der Waals surface area (Å²) in [4.78, 5) is 28.6. The number of aromatic nitrogens is 2. The van der Waals surface area contributed by atoms with Crippen LogP contribution in [0.5, 0.6) is 0 Å². The first-order chi connectivity index (χ1) is 20.2. The molecule has 6 nitrogen and oxygen atoms in total. The number of carbonyl (C=O) groups excluding carboxylic acids is 1. The highest BCUT2D eigenvalue weighted by atomic mass is 35.5. The third kappa shape index (κ3) is 5.76. The molecule has 5 rings (SSSR count). The topological polar surface area (TPSA) is 81.4 Å². The zero-order chi connectivity index (χ0) is 29.9. The first kappa shape index (κ1) is 29.0. The standard InChI is InChI=1S/C33H27ClF2N2O4/c1-42-32(41)25(16-21-8-4-2-5-9-21)30(22-10-6-3-7-11-22)33(34)15-14-24(31(39)40)26(18-33)29-19-37-20-38(29)28-13-12-23(35)17-27(28)36/h2-15,17-20,24-25,30H,16H2,1H3,(H,39,40)/t24?,25-,30+,33?/m0/s1. The summed E-state index contributed by atoms with van der Waals surface area (Å²) in [6, 6.07) is 21.8. The molecule has 4 atom stereocenters. The number of rotatable bonds is 9. The number of aliphatic carboxylic acids is 1. The van der Waals surface area contributed by atoms with Gasteiger partial charge < -0.3 is 9.84 Å². The van der Waals surface area contributed by atoms with Crippen molar-refractivity contribution in [2.45, 2.75) is 17.2 Å². The Kier molecular flexibility index (Phi) is 8.36. The number of imidazole rings is 1. The lowest BCUT2D eigenvalue weighted by atomic mass is 9.70. The molecule has 1 heterocycles.